The lowest BCUT2D eigenvalue weighted by Crippen LogP contribution is -2.18. The SMILES string of the molecule is CCNc1cccc(CC(=O)Nc2ccc([C@H]3CCC[C@H](c4ccc(NC(=O)Cc5cccc(NCC)c5)nn4)C3)nn2)c1. The molecule has 2 heterocycles. The highest BCUT2D eigenvalue weighted by Crippen LogP contribution is 2.40. The fraction of sp³-hybridized carbons (Fsp3) is 0.353. The number of amides is 2. The van der Waals surface area contributed by atoms with Crippen molar-refractivity contribution in [1.29, 1.82) is 0 Å². The summed E-state index contributed by atoms with van der Waals surface area (Å²) >= 11 is 0. The molecule has 1 saturated carbocycles. The molecule has 0 bridgehead atoms. The van der Waals surface area contributed by atoms with E-state index in [1.807, 2.05) is 86.6 Å². The Labute approximate surface area is 258 Å². The summed E-state index contributed by atoms with van der Waals surface area (Å²) in [5.41, 5.74) is 5.70. The van der Waals surface area contributed by atoms with E-state index in [2.05, 4.69) is 41.7 Å². The Morgan fingerprint density at radius 1 is 0.659 bits per heavy atom. The number of carbonyl (C=O) groups excluding carboxylic acids is 2. The minimum Gasteiger partial charge on any atom is -0.385 e. The van der Waals surface area contributed by atoms with Crippen LogP contribution in [0.15, 0.2) is 72.8 Å². The van der Waals surface area contributed by atoms with E-state index < -0.39 is 0 Å². The molecule has 0 saturated heterocycles. The van der Waals surface area contributed by atoms with Crippen molar-refractivity contribution in [3.63, 3.8) is 0 Å². The fourth-order valence-electron chi connectivity index (χ4n) is 5.72. The lowest BCUT2D eigenvalue weighted by molar-refractivity contribution is -0.116. The van der Waals surface area contributed by atoms with Crippen LogP contribution in [0, 0.1) is 0 Å². The number of aromatic nitrogens is 4. The van der Waals surface area contributed by atoms with Crippen molar-refractivity contribution in [2.75, 3.05) is 34.4 Å². The van der Waals surface area contributed by atoms with E-state index in [4.69, 9.17) is 0 Å². The minimum atomic E-state index is -0.130. The molecule has 0 unspecified atom stereocenters. The molecule has 4 N–H and O–H groups in total. The van der Waals surface area contributed by atoms with E-state index in [0.717, 1.165) is 72.7 Å². The molecule has 2 aromatic heterocycles. The maximum Gasteiger partial charge on any atom is 0.229 e. The summed E-state index contributed by atoms with van der Waals surface area (Å²) in [6.07, 6.45) is 4.52. The summed E-state index contributed by atoms with van der Waals surface area (Å²) in [4.78, 5) is 25.2. The number of hydrogen-bond donors (Lipinski definition) is 4. The fourth-order valence-corrected chi connectivity index (χ4v) is 5.72. The summed E-state index contributed by atoms with van der Waals surface area (Å²) in [7, 11) is 0. The molecule has 2 amide bonds. The molecular formula is C34H40N8O2. The van der Waals surface area contributed by atoms with Gasteiger partial charge in [0, 0.05) is 36.3 Å². The number of carbonyl (C=O) groups is 2. The van der Waals surface area contributed by atoms with Crippen molar-refractivity contribution in [2.24, 2.45) is 0 Å². The predicted octanol–water partition coefficient (Wildman–Crippen LogP) is 5.93. The van der Waals surface area contributed by atoms with Gasteiger partial charge in [0.1, 0.15) is 0 Å². The van der Waals surface area contributed by atoms with Gasteiger partial charge in [-0.1, -0.05) is 30.7 Å². The third-order valence-electron chi connectivity index (χ3n) is 7.76. The Hall–Kier alpha value is -4.86. The van der Waals surface area contributed by atoms with E-state index in [0.29, 0.717) is 11.6 Å². The van der Waals surface area contributed by atoms with Crippen LogP contribution in [-0.4, -0.2) is 45.3 Å². The summed E-state index contributed by atoms with van der Waals surface area (Å²) < 4.78 is 0. The van der Waals surface area contributed by atoms with Crippen molar-refractivity contribution >= 4 is 34.8 Å². The maximum absolute atomic E-state index is 12.6. The highest BCUT2D eigenvalue weighted by molar-refractivity contribution is 5.92. The van der Waals surface area contributed by atoms with Gasteiger partial charge in [-0.2, -0.15) is 10.2 Å². The van der Waals surface area contributed by atoms with Crippen molar-refractivity contribution in [2.45, 2.75) is 64.2 Å². The minimum absolute atomic E-state index is 0.130. The van der Waals surface area contributed by atoms with Crippen molar-refractivity contribution in [3.8, 4) is 0 Å². The summed E-state index contributed by atoms with van der Waals surface area (Å²) in [5.74, 6) is 1.13. The van der Waals surface area contributed by atoms with Crippen LogP contribution in [0.2, 0.25) is 0 Å². The molecule has 10 nitrogen and oxygen atoms in total. The monoisotopic (exact) mass is 592 g/mol. The summed E-state index contributed by atoms with van der Waals surface area (Å²) in [5, 5.41) is 29.8. The summed E-state index contributed by atoms with van der Waals surface area (Å²) in [6, 6.07) is 23.3. The van der Waals surface area contributed by atoms with Gasteiger partial charge in [-0.15, -0.1) is 10.2 Å². The lowest BCUT2D eigenvalue weighted by Gasteiger charge is -2.28. The molecule has 0 aliphatic heterocycles. The number of hydrogen-bond acceptors (Lipinski definition) is 8. The molecule has 228 valence electrons. The van der Waals surface area contributed by atoms with Crippen LogP contribution < -0.4 is 21.3 Å². The number of benzene rings is 2. The van der Waals surface area contributed by atoms with Gasteiger partial charge < -0.3 is 21.3 Å². The van der Waals surface area contributed by atoms with Crippen LogP contribution in [-0.2, 0) is 22.4 Å². The van der Waals surface area contributed by atoms with Crippen molar-refractivity contribution < 1.29 is 9.59 Å². The first kappa shape index (κ1) is 30.6. The zero-order chi connectivity index (χ0) is 30.7. The zero-order valence-electron chi connectivity index (χ0n) is 25.3. The summed E-state index contributed by atoms with van der Waals surface area (Å²) in [6.45, 7) is 5.73. The van der Waals surface area contributed by atoms with Crippen molar-refractivity contribution in [3.05, 3.63) is 95.3 Å². The van der Waals surface area contributed by atoms with E-state index in [-0.39, 0.29) is 36.5 Å². The van der Waals surface area contributed by atoms with Gasteiger partial charge in [-0.05, 0) is 92.8 Å². The van der Waals surface area contributed by atoms with Gasteiger partial charge in [0.2, 0.25) is 11.8 Å². The Morgan fingerprint density at radius 2 is 1.14 bits per heavy atom. The molecular weight excluding hydrogens is 552 g/mol. The first-order chi connectivity index (χ1) is 21.5. The first-order valence-electron chi connectivity index (χ1n) is 15.4. The van der Waals surface area contributed by atoms with Crippen LogP contribution in [0.4, 0.5) is 23.0 Å². The molecule has 4 aromatic rings. The number of nitrogens with zero attached hydrogens (tertiary/aromatic N) is 4. The molecule has 1 aliphatic rings. The highest BCUT2D eigenvalue weighted by atomic mass is 16.2. The third-order valence-corrected chi connectivity index (χ3v) is 7.76. The van der Waals surface area contributed by atoms with E-state index in [1.165, 1.54) is 0 Å². The van der Waals surface area contributed by atoms with Crippen LogP contribution in [0.1, 0.15) is 73.9 Å². The molecule has 2 aromatic carbocycles. The molecule has 0 spiro atoms. The zero-order valence-corrected chi connectivity index (χ0v) is 25.3. The smallest absolute Gasteiger partial charge is 0.229 e. The van der Waals surface area contributed by atoms with Gasteiger partial charge in [-0.3, -0.25) is 9.59 Å². The van der Waals surface area contributed by atoms with E-state index in [9.17, 15) is 9.59 Å². The van der Waals surface area contributed by atoms with Gasteiger partial charge in [-0.25, -0.2) is 0 Å². The second-order valence-corrected chi connectivity index (χ2v) is 11.2. The Morgan fingerprint density at radius 3 is 1.55 bits per heavy atom. The maximum atomic E-state index is 12.6. The van der Waals surface area contributed by atoms with Crippen LogP contribution >= 0.6 is 0 Å². The number of rotatable bonds is 12. The van der Waals surface area contributed by atoms with Crippen molar-refractivity contribution in [1.82, 2.24) is 20.4 Å². The molecule has 1 aliphatic carbocycles. The molecule has 0 radical (unpaired) electrons. The van der Waals surface area contributed by atoms with Crippen LogP contribution in [0.5, 0.6) is 0 Å². The molecule has 10 heteroatoms. The topological polar surface area (TPSA) is 134 Å². The van der Waals surface area contributed by atoms with Gasteiger partial charge in [0.15, 0.2) is 11.6 Å². The number of anilines is 4. The Balaban J connectivity index is 1.12. The number of nitrogens with one attached hydrogen (secondary N) is 4. The second-order valence-electron chi connectivity index (χ2n) is 11.2. The molecule has 1 fully saturated rings. The Kier molecular flexibility index (Phi) is 10.5. The first-order valence-corrected chi connectivity index (χ1v) is 15.4. The molecule has 2 atom stereocenters. The standard InChI is InChI=1S/C34H40N8O2/c1-3-35-27-12-5-8-23(18-27)20-33(43)37-31-16-14-29(39-41-31)25-10-7-11-26(22-25)30-15-17-32(42-40-30)38-34(44)21-24-9-6-13-28(19-24)36-4-2/h5-6,8-9,12-19,25-26,35-36H,3-4,7,10-11,20-22H2,1-2H3,(H,37,41,43)(H,38,42,44)/t25-,26-/m0/s1. The van der Waals surface area contributed by atoms with E-state index in [1.54, 1.807) is 0 Å². The molecule has 5 rings (SSSR count). The van der Waals surface area contributed by atoms with E-state index >= 15 is 0 Å². The van der Waals surface area contributed by atoms with Gasteiger partial charge in [0.05, 0.1) is 24.2 Å². The largest absolute Gasteiger partial charge is 0.385 e. The average Bonchev–Trinajstić information content (AvgIpc) is 3.02. The lowest BCUT2D eigenvalue weighted by atomic mass is 9.78. The highest BCUT2D eigenvalue weighted by Gasteiger charge is 2.27. The second kappa shape index (κ2) is 15.0. The molecule has 44 heavy (non-hydrogen) atoms. The quantitative estimate of drug-likeness (QED) is 0.159. The van der Waals surface area contributed by atoms with Gasteiger partial charge in [0.25, 0.3) is 0 Å². The average molecular weight is 593 g/mol. The van der Waals surface area contributed by atoms with Gasteiger partial charge >= 0.3 is 0 Å². The normalized spacial score (nSPS) is 16.1. The Bertz CT molecular complexity index is 1430. The predicted molar refractivity (Wildman–Crippen MR) is 174 cm³/mol. The third kappa shape index (κ3) is 8.59. The van der Waals surface area contributed by atoms with Crippen LogP contribution in [0.3, 0.4) is 0 Å². The van der Waals surface area contributed by atoms with Crippen LogP contribution in [0.25, 0.3) is 0 Å².